The van der Waals surface area contributed by atoms with Gasteiger partial charge in [0.1, 0.15) is 11.3 Å². The van der Waals surface area contributed by atoms with E-state index in [2.05, 4.69) is 10.4 Å². The molecule has 2 N–H and O–H groups in total. The van der Waals surface area contributed by atoms with Crippen molar-refractivity contribution in [3.05, 3.63) is 106 Å². The molecule has 0 saturated heterocycles. The van der Waals surface area contributed by atoms with Crippen molar-refractivity contribution in [2.45, 2.75) is 26.8 Å². The molecule has 0 aliphatic heterocycles. The molecule has 1 atom stereocenters. The minimum atomic E-state index is -1.01. The number of carbonyl (C=O) groups is 1. The van der Waals surface area contributed by atoms with Crippen molar-refractivity contribution >= 4 is 22.6 Å². The highest BCUT2D eigenvalue weighted by Crippen LogP contribution is 2.33. The molecule has 2 aromatic heterocycles. The molecule has 7 nitrogen and oxygen atoms in total. The van der Waals surface area contributed by atoms with E-state index in [1.807, 2.05) is 69.7 Å². The molecule has 1 unspecified atom stereocenters. The van der Waals surface area contributed by atoms with Gasteiger partial charge in [0, 0.05) is 41.2 Å². The Kier molecular flexibility index (Phi) is 6.13. The first-order valence-corrected chi connectivity index (χ1v) is 12.0. The van der Waals surface area contributed by atoms with Crippen LogP contribution in [-0.4, -0.2) is 20.9 Å². The lowest BCUT2D eigenvalue weighted by Gasteiger charge is -2.20. The number of carboxylic acids is 1. The van der Waals surface area contributed by atoms with Gasteiger partial charge >= 0.3 is 5.97 Å². The highest BCUT2D eigenvalue weighted by atomic mass is 16.4. The molecule has 0 aliphatic carbocycles. The Hall–Kier alpha value is -4.65. The van der Waals surface area contributed by atoms with Crippen LogP contribution in [0.2, 0.25) is 0 Å². The monoisotopic (exact) mass is 493 g/mol. The van der Waals surface area contributed by atoms with Gasteiger partial charge < -0.3 is 14.8 Å². The number of anilines is 1. The molecular weight excluding hydrogens is 466 g/mol. The number of aryl methyl sites for hydroxylation is 2. The van der Waals surface area contributed by atoms with Crippen molar-refractivity contribution in [1.82, 2.24) is 9.78 Å². The summed E-state index contributed by atoms with van der Waals surface area (Å²) in [5.41, 5.74) is 6.13. The predicted octanol–water partition coefficient (Wildman–Crippen LogP) is 6.35. The zero-order chi connectivity index (χ0) is 26.3. The van der Waals surface area contributed by atoms with Crippen LogP contribution < -0.4 is 10.7 Å². The van der Waals surface area contributed by atoms with E-state index in [9.17, 15) is 14.7 Å². The van der Waals surface area contributed by atoms with E-state index >= 15 is 0 Å². The molecule has 0 aliphatic rings. The number of nitrogens with one attached hydrogen (secondary N) is 1. The third-order valence-electron chi connectivity index (χ3n) is 6.57. The van der Waals surface area contributed by atoms with Crippen molar-refractivity contribution in [2.75, 3.05) is 5.32 Å². The zero-order valence-corrected chi connectivity index (χ0v) is 21.1. The second kappa shape index (κ2) is 9.43. The van der Waals surface area contributed by atoms with Crippen molar-refractivity contribution in [3.63, 3.8) is 0 Å². The molecule has 2 heterocycles. The van der Waals surface area contributed by atoms with Crippen LogP contribution in [0.3, 0.4) is 0 Å². The molecule has 37 heavy (non-hydrogen) atoms. The maximum atomic E-state index is 13.5. The Morgan fingerprint density at radius 3 is 2.41 bits per heavy atom. The average molecular weight is 494 g/mol. The lowest BCUT2D eigenvalue weighted by molar-refractivity contribution is 0.0698. The van der Waals surface area contributed by atoms with Crippen LogP contribution in [0.4, 0.5) is 5.69 Å². The molecule has 5 aromatic rings. The quantitative estimate of drug-likeness (QED) is 0.286. The van der Waals surface area contributed by atoms with Crippen LogP contribution in [0.5, 0.6) is 0 Å². The minimum absolute atomic E-state index is 0.0873. The first-order valence-electron chi connectivity index (χ1n) is 12.0. The van der Waals surface area contributed by atoms with Gasteiger partial charge in [-0.05, 0) is 50.1 Å². The molecule has 5 rings (SSSR count). The van der Waals surface area contributed by atoms with Crippen molar-refractivity contribution < 1.29 is 14.3 Å². The number of hydrogen-bond donors (Lipinski definition) is 2. The maximum Gasteiger partial charge on any atom is 0.337 e. The highest BCUT2D eigenvalue weighted by molar-refractivity contribution is 5.94. The van der Waals surface area contributed by atoms with Gasteiger partial charge in [0.05, 0.1) is 23.2 Å². The summed E-state index contributed by atoms with van der Waals surface area (Å²) < 4.78 is 8.21. The fourth-order valence-electron chi connectivity index (χ4n) is 4.66. The average Bonchev–Trinajstić information content (AvgIpc) is 3.32. The van der Waals surface area contributed by atoms with E-state index in [-0.39, 0.29) is 17.0 Å². The van der Waals surface area contributed by atoms with Gasteiger partial charge in [0.2, 0.25) is 0 Å². The lowest BCUT2D eigenvalue weighted by atomic mass is 9.98. The number of carboxylic acid groups (broad SMARTS) is 1. The molecule has 0 saturated carbocycles. The fraction of sp³-hybridized carbons (Fsp3) is 0.167. The third kappa shape index (κ3) is 4.51. The van der Waals surface area contributed by atoms with E-state index in [1.54, 1.807) is 35.9 Å². The minimum Gasteiger partial charge on any atom is -0.478 e. The molecule has 186 valence electrons. The van der Waals surface area contributed by atoms with Gasteiger partial charge in [-0.1, -0.05) is 42.5 Å². The van der Waals surface area contributed by atoms with E-state index in [0.29, 0.717) is 28.0 Å². The van der Waals surface area contributed by atoms with Crippen molar-refractivity contribution in [3.8, 4) is 22.5 Å². The number of fused-ring (bicyclic) bond motifs is 1. The Morgan fingerprint density at radius 2 is 1.73 bits per heavy atom. The molecule has 0 bridgehead atoms. The Balaban J connectivity index is 1.60. The van der Waals surface area contributed by atoms with Gasteiger partial charge in [-0.25, -0.2) is 4.79 Å². The van der Waals surface area contributed by atoms with Gasteiger partial charge in [-0.3, -0.25) is 9.48 Å². The molecule has 0 fully saturated rings. The third-order valence-corrected chi connectivity index (χ3v) is 6.57. The van der Waals surface area contributed by atoms with Crippen LogP contribution in [0, 0.1) is 13.8 Å². The number of para-hydroxylation sites is 1. The molecule has 0 spiro atoms. The maximum absolute atomic E-state index is 13.5. The van der Waals surface area contributed by atoms with Crippen LogP contribution >= 0.6 is 0 Å². The number of aromatic carboxylic acids is 1. The number of rotatable bonds is 6. The Labute approximate surface area is 214 Å². The fourth-order valence-corrected chi connectivity index (χ4v) is 4.66. The summed E-state index contributed by atoms with van der Waals surface area (Å²) in [7, 11) is 1.88. The summed E-state index contributed by atoms with van der Waals surface area (Å²) >= 11 is 0. The number of aromatic nitrogens is 2. The van der Waals surface area contributed by atoms with Gasteiger partial charge in [0.15, 0.2) is 5.43 Å². The lowest BCUT2D eigenvalue weighted by Crippen LogP contribution is -2.14. The van der Waals surface area contributed by atoms with Crippen molar-refractivity contribution in [2.24, 2.45) is 7.05 Å². The number of benzene rings is 3. The van der Waals surface area contributed by atoms with Crippen LogP contribution in [-0.2, 0) is 7.05 Å². The van der Waals surface area contributed by atoms with Crippen LogP contribution in [0.25, 0.3) is 33.4 Å². The topological polar surface area (TPSA) is 97.4 Å². The second-order valence-electron chi connectivity index (χ2n) is 9.31. The van der Waals surface area contributed by atoms with Crippen LogP contribution in [0.15, 0.2) is 82.3 Å². The molecular formula is C30H27N3O4. The van der Waals surface area contributed by atoms with Gasteiger partial charge in [0.25, 0.3) is 0 Å². The Bertz CT molecular complexity index is 1700. The zero-order valence-electron chi connectivity index (χ0n) is 21.1. The molecule has 3 aromatic carbocycles. The first kappa shape index (κ1) is 24.1. The number of nitrogens with zero attached hydrogens (tertiary/aromatic N) is 2. The predicted molar refractivity (Wildman–Crippen MR) is 145 cm³/mol. The summed E-state index contributed by atoms with van der Waals surface area (Å²) in [6.45, 7) is 5.64. The summed E-state index contributed by atoms with van der Waals surface area (Å²) in [6.07, 6.45) is 3.75. The summed E-state index contributed by atoms with van der Waals surface area (Å²) in [5.74, 6) is -0.498. The van der Waals surface area contributed by atoms with E-state index in [4.69, 9.17) is 4.42 Å². The second-order valence-corrected chi connectivity index (χ2v) is 9.31. The highest BCUT2D eigenvalue weighted by Gasteiger charge is 2.20. The van der Waals surface area contributed by atoms with E-state index in [0.717, 1.165) is 27.8 Å². The normalized spacial score (nSPS) is 12.0. The Morgan fingerprint density at radius 1 is 1.03 bits per heavy atom. The largest absolute Gasteiger partial charge is 0.478 e. The van der Waals surface area contributed by atoms with E-state index < -0.39 is 5.97 Å². The van der Waals surface area contributed by atoms with Crippen molar-refractivity contribution in [1.29, 1.82) is 0 Å². The summed E-state index contributed by atoms with van der Waals surface area (Å²) in [6, 6.07) is 18.1. The number of hydrogen-bond acceptors (Lipinski definition) is 5. The summed E-state index contributed by atoms with van der Waals surface area (Å²) in [4.78, 5) is 25.2. The SMILES string of the molecule is Cc1cc(C(C)Nc2ccccc2C(=O)O)c2oc(-c3ccc(-c4cnn(C)c4)cc3)c(C)c(=O)c2c1. The summed E-state index contributed by atoms with van der Waals surface area (Å²) in [5, 5.41) is 17.6. The standard InChI is InChI=1S/C30H27N3O4/c1-17-13-24(19(3)32-26-8-6-5-7-23(26)30(35)36)29-25(14-17)27(34)18(2)28(37-29)21-11-9-20(10-12-21)22-15-31-33(4)16-22/h5-16,19,32H,1-4H3,(H,35,36). The molecule has 7 heteroatoms. The van der Waals surface area contributed by atoms with Crippen LogP contribution in [0.1, 0.15) is 40.0 Å². The smallest absolute Gasteiger partial charge is 0.337 e. The van der Waals surface area contributed by atoms with Gasteiger partial charge in [-0.15, -0.1) is 0 Å². The first-order chi connectivity index (χ1) is 17.7. The molecule has 0 amide bonds. The van der Waals surface area contributed by atoms with E-state index in [1.165, 1.54) is 0 Å². The molecule has 0 radical (unpaired) electrons. The van der Waals surface area contributed by atoms with Gasteiger partial charge in [-0.2, -0.15) is 5.10 Å².